The van der Waals surface area contributed by atoms with Gasteiger partial charge in [0.25, 0.3) is 0 Å². The van der Waals surface area contributed by atoms with Crippen molar-refractivity contribution in [3.63, 3.8) is 0 Å². The van der Waals surface area contributed by atoms with E-state index >= 15 is 0 Å². The summed E-state index contributed by atoms with van der Waals surface area (Å²) >= 11 is 0. The molecule has 3 heteroatoms. The Morgan fingerprint density at radius 1 is 1.29 bits per heavy atom. The van der Waals surface area contributed by atoms with Crippen molar-refractivity contribution in [1.82, 2.24) is 10.2 Å². The Bertz CT molecular complexity index is 310. The second kappa shape index (κ2) is 4.13. The zero-order valence-electron chi connectivity index (χ0n) is 8.02. The van der Waals surface area contributed by atoms with E-state index in [4.69, 9.17) is 0 Å². The molecule has 1 heterocycles. The fourth-order valence-electron chi connectivity index (χ4n) is 1.58. The van der Waals surface area contributed by atoms with E-state index in [9.17, 15) is 4.79 Å². The second-order valence-corrected chi connectivity index (χ2v) is 3.39. The lowest BCUT2D eigenvalue weighted by Gasteiger charge is -2.12. The number of rotatable bonds is 3. The molecule has 0 unspecified atom stereocenters. The second-order valence-electron chi connectivity index (χ2n) is 3.39. The molecule has 1 aliphatic heterocycles. The molecule has 1 aromatic rings. The summed E-state index contributed by atoms with van der Waals surface area (Å²) in [6.45, 7) is 2.23. The molecule has 14 heavy (non-hydrogen) atoms. The maximum absolute atomic E-state index is 11.2. The molecular formula is C11H13N2O. The first-order valence-electron chi connectivity index (χ1n) is 4.86. The third kappa shape index (κ3) is 2.05. The third-order valence-corrected chi connectivity index (χ3v) is 2.40. The van der Waals surface area contributed by atoms with Gasteiger partial charge in [0.15, 0.2) is 0 Å². The minimum atomic E-state index is -0.0547. The van der Waals surface area contributed by atoms with Crippen LogP contribution in [0, 0.1) is 0 Å². The lowest BCUT2D eigenvalue weighted by molar-refractivity contribution is 0.217. The van der Waals surface area contributed by atoms with Crippen molar-refractivity contribution >= 4 is 6.03 Å². The van der Waals surface area contributed by atoms with Crippen LogP contribution in [0.1, 0.15) is 5.56 Å². The van der Waals surface area contributed by atoms with Crippen LogP contribution >= 0.6 is 0 Å². The number of nitrogens with zero attached hydrogens (tertiary/aromatic N) is 2. The number of carbonyl (C=O) groups is 1. The summed E-state index contributed by atoms with van der Waals surface area (Å²) in [5.41, 5.74) is 1.27. The van der Waals surface area contributed by atoms with E-state index in [0.717, 1.165) is 19.5 Å². The lowest BCUT2D eigenvalue weighted by atomic mass is 10.1. The van der Waals surface area contributed by atoms with Crippen LogP contribution in [0.4, 0.5) is 4.79 Å². The van der Waals surface area contributed by atoms with Gasteiger partial charge in [-0.15, -0.1) is 0 Å². The predicted octanol–water partition coefficient (Wildman–Crippen LogP) is 1.27. The van der Waals surface area contributed by atoms with E-state index in [1.807, 2.05) is 18.2 Å². The molecule has 1 fully saturated rings. The zero-order valence-corrected chi connectivity index (χ0v) is 8.02. The maximum Gasteiger partial charge on any atom is 0.339 e. The topological polar surface area (TPSA) is 34.4 Å². The van der Waals surface area contributed by atoms with Crippen molar-refractivity contribution in [2.45, 2.75) is 6.42 Å². The zero-order chi connectivity index (χ0) is 9.80. The molecule has 73 valence electrons. The SMILES string of the molecule is O=C1[N]CCN1CCc1ccccc1. The van der Waals surface area contributed by atoms with E-state index in [-0.39, 0.29) is 6.03 Å². The number of benzene rings is 1. The summed E-state index contributed by atoms with van der Waals surface area (Å²) in [5, 5.41) is 3.82. The van der Waals surface area contributed by atoms with Crippen molar-refractivity contribution in [3.8, 4) is 0 Å². The molecule has 1 aliphatic rings. The highest BCUT2D eigenvalue weighted by Gasteiger charge is 2.20. The third-order valence-electron chi connectivity index (χ3n) is 2.40. The van der Waals surface area contributed by atoms with Gasteiger partial charge in [-0.25, -0.2) is 10.1 Å². The Kier molecular flexibility index (Phi) is 2.68. The van der Waals surface area contributed by atoms with Crippen LogP contribution in [0.5, 0.6) is 0 Å². The van der Waals surface area contributed by atoms with Gasteiger partial charge in [0.2, 0.25) is 0 Å². The molecule has 2 rings (SSSR count). The molecule has 1 radical (unpaired) electrons. The van der Waals surface area contributed by atoms with Gasteiger partial charge in [-0.1, -0.05) is 30.3 Å². The summed E-state index contributed by atoms with van der Waals surface area (Å²) in [6.07, 6.45) is 0.919. The van der Waals surface area contributed by atoms with Gasteiger partial charge < -0.3 is 4.90 Å². The van der Waals surface area contributed by atoms with E-state index in [0.29, 0.717) is 6.54 Å². The average molecular weight is 189 g/mol. The smallest absolute Gasteiger partial charge is 0.321 e. The van der Waals surface area contributed by atoms with Crippen LogP contribution < -0.4 is 5.32 Å². The van der Waals surface area contributed by atoms with E-state index in [2.05, 4.69) is 17.4 Å². The molecule has 1 aromatic carbocycles. The molecule has 2 amide bonds. The molecule has 0 aliphatic carbocycles. The molecule has 0 N–H and O–H groups in total. The summed E-state index contributed by atoms with van der Waals surface area (Å²) in [5.74, 6) is 0. The van der Waals surface area contributed by atoms with Crippen LogP contribution in [-0.2, 0) is 6.42 Å². The van der Waals surface area contributed by atoms with E-state index < -0.39 is 0 Å². The highest BCUT2D eigenvalue weighted by Crippen LogP contribution is 2.04. The van der Waals surface area contributed by atoms with Crippen molar-refractivity contribution in [1.29, 1.82) is 0 Å². The standard InChI is InChI=1S/C11H13N2O/c14-11-12-7-9-13(11)8-6-10-4-2-1-3-5-10/h1-5H,6-9H2. The van der Waals surface area contributed by atoms with Gasteiger partial charge in [0.1, 0.15) is 0 Å². The molecule has 0 atom stereocenters. The van der Waals surface area contributed by atoms with Gasteiger partial charge in [-0.05, 0) is 12.0 Å². The molecular weight excluding hydrogens is 176 g/mol. The molecule has 3 nitrogen and oxygen atoms in total. The number of urea groups is 1. The van der Waals surface area contributed by atoms with Crippen LogP contribution in [0.25, 0.3) is 0 Å². The Morgan fingerprint density at radius 2 is 2.07 bits per heavy atom. The summed E-state index contributed by atoms with van der Waals surface area (Å²) in [4.78, 5) is 13.0. The van der Waals surface area contributed by atoms with Crippen LogP contribution in [0.15, 0.2) is 30.3 Å². The summed E-state index contributed by atoms with van der Waals surface area (Å²) < 4.78 is 0. The number of carbonyl (C=O) groups excluding carboxylic acids is 1. The average Bonchev–Trinajstić information content (AvgIpc) is 2.63. The van der Waals surface area contributed by atoms with Crippen molar-refractivity contribution in [2.75, 3.05) is 19.6 Å². The maximum atomic E-state index is 11.2. The Balaban J connectivity index is 1.85. The Hall–Kier alpha value is -1.51. The largest absolute Gasteiger partial charge is 0.339 e. The fourth-order valence-corrected chi connectivity index (χ4v) is 1.58. The van der Waals surface area contributed by atoms with Crippen LogP contribution in [0.2, 0.25) is 0 Å². The van der Waals surface area contributed by atoms with Gasteiger partial charge in [-0.3, -0.25) is 0 Å². The van der Waals surface area contributed by atoms with Crippen molar-refractivity contribution < 1.29 is 4.79 Å². The van der Waals surface area contributed by atoms with Gasteiger partial charge in [0.05, 0.1) is 6.54 Å². The van der Waals surface area contributed by atoms with Crippen molar-refractivity contribution in [2.24, 2.45) is 0 Å². The number of hydrogen-bond donors (Lipinski definition) is 0. The van der Waals surface area contributed by atoms with Crippen molar-refractivity contribution in [3.05, 3.63) is 35.9 Å². The summed E-state index contributed by atoms with van der Waals surface area (Å²) in [6, 6.07) is 10.1. The fraction of sp³-hybridized carbons (Fsp3) is 0.364. The first-order valence-corrected chi connectivity index (χ1v) is 4.86. The summed E-state index contributed by atoms with van der Waals surface area (Å²) in [7, 11) is 0. The molecule has 1 saturated heterocycles. The van der Waals surface area contributed by atoms with Gasteiger partial charge in [0, 0.05) is 13.1 Å². The molecule has 0 saturated carbocycles. The van der Waals surface area contributed by atoms with Gasteiger partial charge >= 0.3 is 6.03 Å². The molecule has 0 spiro atoms. The number of amides is 2. The predicted molar refractivity (Wildman–Crippen MR) is 54.1 cm³/mol. The quantitative estimate of drug-likeness (QED) is 0.705. The minimum absolute atomic E-state index is 0.0547. The highest BCUT2D eigenvalue weighted by atomic mass is 16.2. The van der Waals surface area contributed by atoms with Crippen LogP contribution in [0.3, 0.4) is 0 Å². The van der Waals surface area contributed by atoms with E-state index in [1.165, 1.54) is 5.56 Å². The molecule has 0 bridgehead atoms. The van der Waals surface area contributed by atoms with Crippen LogP contribution in [-0.4, -0.2) is 30.6 Å². The Morgan fingerprint density at radius 3 is 2.71 bits per heavy atom. The number of hydrogen-bond acceptors (Lipinski definition) is 1. The first-order chi connectivity index (χ1) is 6.86. The van der Waals surface area contributed by atoms with Gasteiger partial charge in [-0.2, -0.15) is 0 Å². The highest BCUT2D eigenvalue weighted by molar-refractivity contribution is 5.75. The monoisotopic (exact) mass is 189 g/mol. The molecule has 0 aromatic heterocycles. The van der Waals surface area contributed by atoms with E-state index in [1.54, 1.807) is 4.90 Å². The lowest BCUT2D eigenvalue weighted by Crippen LogP contribution is -2.28. The Labute approximate surface area is 83.7 Å². The first kappa shape index (κ1) is 9.06. The minimum Gasteiger partial charge on any atom is -0.321 e. The normalized spacial score (nSPS) is 15.7.